The fourth-order valence-electron chi connectivity index (χ4n) is 4.39. The van der Waals surface area contributed by atoms with Gasteiger partial charge in [0.2, 0.25) is 23.6 Å². The summed E-state index contributed by atoms with van der Waals surface area (Å²) in [5.74, 6) is -0.442. The Balaban J connectivity index is 0.000000801. The third kappa shape index (κ3) is 9.80. The van der Waals surface area contributed by atoms with Gasteiger partial charge in [0.25, 0.3) is 0 Å². The van der Waals surface area contributed by atoms with Crippen molar-refractivity contribution in [3.8, 4) is 0 Å². The third-order valence-electron chi connectivity index (χ3n) is 6.49. The molecule has 2 fully saturated rings. The lowest BCUT2D eigenvalue weighted by Gasteiger charge is -2.32. The van der Waals surface area contributed by atoms with E-state index in [2.05, 4.69) is 17.2 Å². The van der Waals surface area contributed by atoms with E-state index >= 15 is 0 Å². The lowest BCUT2D eigenvalue weighted by Crippen LogP contribution is -2.50. The quantitative estimate of drug-likeness (QED) is 0.456. The first-order valence-electron chi connectivity index (χ1n) is 12.0. The van der Waals surface area contributed by atoms with E-state index in [0.29, 0.717) is 31.7 Å². The molecule has 1 aliphatic carbocycles. The molecular weight excluding hydrogens is 420 g/mol. The molecule has 0 spiro atoms. The number of likely N-dealkylation sites (tertiary alicyclic amines) is 1. The first-order chi connectivity index (χ1) is 15.6. The van der Waals surface area contributed by atoms with Crippen molar-refractivity contribution in [3.63, 3.8) is 0 Å². The number of fused-ring (bicyclic) bond motifs is 1. The first kappa shape index (κ1) is 28.4. The van der Waals surface area contributed by atoms with Crippen LogP contribution in [0.3, 0.4) is 0 Å². The Hall–Kier alpha value is -2.64. The molecule has 8 heteroatoms. The average molecular weight is 463 g/mol. The van der Waals surface area contributed by atoms with Crippen LogP contribution in [-0.4, -0.2) is 53.7 Å². The third-order valence-corrected chi connectivity index (χ3v) is 6.49. The fraction of sp³-hybridized carbons (Fsp3) is 0.680. The monoisotopic (exact) mass is 462 g/mol. The zero-order chi connectivity index (χ0) is 25.0. The van der Waals surface area contributed by atoms with Gasteiger partial charge in [-0.15, -0.1) is 0 Å². The molecule has 4 amide bonds. The van der Waals surface area contributed by atoms with Crippen molar-refractivity contribution in [2.45, 2.75) is 84.7 Å². The van der Waals surface area contributed by atoms with E-state index < -0.39 is 6.04 Å². The van der Waals surface area contributed by atoms with Gasteiger partial charge in [-0.05, 0) is 51.4 Å². The van der Waals surface area contributed by atoms with E-state index in [-0.39, 0.29) is 42.1 Å². The van der Waals surface area contributed by atoms with Crippen molar-refractivity contribution >= 4 is 23.6 Å². The molecule has 1 saturated carbocycles. The van der Waals surface area contributed by atoms with Crippen LogP contribution in [0.25, 0.3) is 0 Å². The van der Waals surface area contributed by atoms with Gasteiger partial charge in [-0.1, -0.05) is 44.1 Å². The maximum Gasteiger partial charge on any atom is 0.243 e. The van der Waals surface area contributed by atoms with Gasteiger partial charge >= 0.3 is 0 Å². The molecule has 0 bridgehead atoms. The molecule has 2 aliphatic rings. The summed E-state index contributed by atoms with van der Waals surface area (Å²) in [6.07, 6.45) is 9.70. The lowest BCUT2D eigenvalue weighted by molar-refractivity contribution is -0.139. The molecule has 4 unspecified atom stereocenters. The number of carbonyl (C=O) groups excluding carboxylic acids is 4. The van der Waals surface area contributed by atoms with E-state index in [4.69, 9.17) is 5.73 Å². The van der Waals surface area contributed by atoms with Crippen molar-refractivity contribution in [1.29, 1.82) is 0 Å². The van der Waals surface area contributed by atoms with Crippen LogP contribution in [-0.2, 0) is 19.2 Å². The summed E-state index contributed by atoms with van der Waals surface area (Å²) in [7, 11) is 0. The molecule has 4 N–H and O–H groups in total. The number of carbonyl (C=O) groups is 4. The number of nitrogens with two attached hydrogens (primary N) is 1. The molecule has 186 valence electrons. The molecule has 0 aromatic carbocycles. The van der Waals surface area contributed by atoms with E-state index in [1.807, 2.05) is 32.9 Å². The van der Waals surface area contributed by atoms with Crippen LogP contribution in [0, 0.1) is 11.8 Å². The minimum atomic E-state index is -0.474. The van der Waals surface area contributed by atoms with Crippen LogP contribution in [0.5, 0.6) is 0 Å². The van der Waals surface area contributed by atoms with Crippen molar-refractivity contribution in [2.75, 3.05) is 13.1 Å². The highest BCUT2D eigenvalue weighted by atomic mass is 16.2. The van der Waals surface area contributed by atoms with Crippen LogP contribution in [0.2, 0.25) is 0 Å². The summed E-state index contributed by atoms with van der Waals surface area (Å²) in [4.78, 5) is 49.1. The van der Waals surface area contributed by atoms with Crippen molar-refractivity contribution in [1.82, 2.24) is 15.5 Å². The molecule has 1 saturated heterocycles. The minimum absolute atomic E-state index is 0.0720. The number of allylic oxidation sites excluding steroid dienone is 3. The number of nitrogens with zero attached hydrogens (tertiary/aromatic N) is 1. The van der Waals surface area contributed by atoms with Crippen LogP contribution < -0.4 is 16.4 Å². The molecule has 4 atom stereocenters. The second kappa shape index (κ2) is 14.5. The van der Waals surface area contributed by atoms with E-state index in [1.54, 1.807) is 4.90 Å². The Kier molecular flexibility index (Phi) is 12.5. The number of primary amides is 1. The number of hydrogen-bond donors (Lipinski definition) is 3. The standard InChI is InChI=1S/C19H32N4O4.C6H10/c1-12(7-8-17(20)25)10-21-18(26)11-22-19(27)16-9-14-5-3-4-6-15(14)23(16)13(2)24;1-4-6(3)5-2/h12,14-16H,3-11H2,1-2H3,(H2,20,25)(H,21,26)(H,22,27);4-5H,1H2,2-3H3/b;6-5-. The van der Waals surface area contributed by atoms with Crippen molar-refractivity contribution < 1.29 is 19.2 Å². The van der Waals surface area contributed by atoms with Gasteiger partial charge in [0.1, 0.15) is 6.04 Å². The molecule has 0 aromatic rings. The zero-order valence-electron chi connectivity index (χ0n) is 20.7. The van der Waals surface area contributed by atoms with Gasteiger partial charge in [-0.3, -0.25) is 19.2 Å². The maximum absolute atomic E-state index is 12.6. The van der Waals surface area contributed by atoms with Gasteiger partial charge < -0.3 is 21.3 Å². The van der Waals surface area contributed by atoms with Gasteiger partial charge in [0.15, 0.2) is 0 Å². The smallest absolute Gasteiger partial charge is 0.243 e. The number of amides is 4. The Morgan fingerprint density at radius 1 is 1.15 bits per heavy atom. The normalized spacial score (nSPS) is 22.8. The van der Waals surface area contributed by atoms with Crippen LogP contribution >= 0.6 is 0 Å². The van der Waals surface area contributed by atoms with Gasteiger partial charge in [0.05, 0.1) is 6.54 Å². The highest BCUT2D eigenvalue weighted by Gasteiger charge is 2.46. The number of hydrogen-bond acceptors (Lipinski definition) is 4. The van der Waals surface area contributed by atoms with Gasteiger partial charge in [0, 0.05) is 25.9 Å². The first-order valence-corrected chi connectivity index (χ1v) is 12.0. The predicted molar refractivity (Wildman–Crippen MR) is 130 cm³/mol. The summed E-state index contributed by atoms with van der Waals surface area (Å²) >= 11 is 0. The largest absolute Gasteiger partial charge is 0.370 e. The van der Waals surface area contributed by atoms with E-state index in [0.717, 1.165) is 25.7 Å². The highest BCUT2D eigenvalue weighted by Crippen LogP contribution is 2.39. The topological polar surface area (TPSA) is 122 Å². The molecule has 0 radical (unpaired) electrons. The number of rotatable bonds is 9. The molecule has 8 nitrogen and oxygen atoms in total. The number of nitrogens with one attached hydrogen (secondary N) is 2. The van der Waals surface area contributed by atoms with Gasteiger partial charge in [-0.25, -0.2) is 0 Å². The average Bonchev–Trinajstić information content (AvgIpc) is 3.19. The second-order valence-electron chi connectivity index (χ2n) is 9.16. The molecular formula is C25H42N4O4. The lowest BCUT2D eigenvalue weighted by atomic mass is 9.84. The Morgan fingerprint density at radius 2 is 1.82 bits per heavy atom. The molecule has 1 aliphatic heterocycles. The summed E-state index contributed by atoms with van der Waals surface area (Å²) < 4.78 is 0. The highest BCUT2D eigenvalue weighted by molar-refractivity contribution is 5.90. The molecule has 0 aromatic heterocycles. The van der Waals surface area contributed by atoms with E-state index in [1.165, 1.54) is 12.5 Å². The summed E-state index contributed by atoms with van der Waals surface area (Å²) in [6, 6.07) is -0.315. The molecule has 33 heavy (non-hydrogen) atoms. The van der Waals surface area contributed by atoms with Crippen molar-refractivity contribution in [3.05, 3.63) is 24.3 Å². The SMILES string of the molecule is C=C/C(C)=C\C.CC(=O)N1C(C(=O)NCC(=O)NCC(C)CCC(N)=O)CC2CCCCC21. The fourth-order valence-corrected chi connectivity index (χ4v) is 4.39. The maximum atomic E-state index is 12.6. The van der Waals surface area contributed by atoms with Crippen molar-refractivity contribution in [2.24, 2.45) is 17.6 Å². The predicted octanol–water partition coefficient (Wildman–Crippen LogP) is 2.44. The van der Waals surface area contributed by atoms with Crippen LogP contribution in [0.15, 0.2) is 24.3 Å². The molecule has 1 heterocycles. The van der Waals surface area contributed by atoms with Gasteiger partial charge in [-0.2, -0.15) is 0 Å². The van der Waals surface area contributed by atoms with Crippen LogP contribution in [0.1, 0.15) is 72.6 Å². The summed E-state index contributed by atoms with van der Waals surface area (Å²) in [5, 5.41) is 5.42. The summed E-state index contributed by atoms with van der Waals surface area (Å²) in [6.45, 7) is 11.3. The van der Waals surface area contributed by atoms with Crippen LogP contribution in [0.4, 0.5) is 0 Å². The summed E-state index contributed by atoms with van der Waals surface area (Å²) in [5.41, 5.74) is 6.34. The molecule has 2 rings (SSSR count). The second-order valence-corrected chi connectivity index (χ2v) is 9.16. The Bertz CT molecular complexity index is 734. The van der Waals surface area contributed by atoms with E-state index in [9.17, 15) is 19.2 Å². The minimum Gasteiger partial charge on any atom is -0.370 e. The Morgan fingerprint density at radius 3 is 2.36 bits per heavy atom. The Labute approximate surface area is 198 Å². The zero-order valence-corrected chi connectivity index (χ0v) is 20.7.